The summed E-state index contributed by atoms with van der Waals surface area (Å²) in [6.07, 6.45) is 2.43. The molecule has 0 atom stereocenters. The third-order valence-electron chi connectivity index (χ3n) is 3.72. The second-order valence-electron chi connectivity index (χ2n) is 5.73. The number of carbonyl (C=O) groups excluding carboxylic acids is 1. The standard InChI is InChI=1S/C20H17Cl2NO4/c1-3-8-26-18-15(22)9-12(11-17(18)25-2)10-16-20(24)27-19(23-16)13-4-6-14(21)7-5-13/h4-7,9-11H,3,8H2,1-2H3/b16-10-. The number of benzene rings is 2. The van der Waals surface area contributed by atoms with Crippen molar-refractivity contribution in [2.45, 2.75) is 13.3 Å². The van der Waals surface area contributed by atoms with Gasteiger partial charge in [0.05, 0.1) is 18.7 Å². The number of cyclic esters (lactones) is 1. The van der Waals surface area contributed by atoms with E-state index >= 15 is 0 Å². The summed E-state index contributed by atoms with van der Waals surface area (Å²) >= 11 is 12.2. The zero-order valence-electron chi connectivity index (χ0n) is 14.8. The number of hydrogen-bond donors (Lipinski definition) is 0. The second-order valence-corrected chi connectivity index (χ2v) is 6.57. The van der Waals surface area contributed by atoms with E-state index in [1.807, 2.05) is 6.92 Å². The Bertz CT molecular complexity index is 920. The molecule has 0 bridgehead atoms. The van der Waals surface area contributed by atoms with Crippen molar-refractivity contribution in [2.75, 3.05) is 13.7 Å². The van der Waals surface area contributed by atoms with E-state index in [1.54, 1.807) is 42.5 Å². The predicted octanol–water partition coefficient (Wildman–Crippen LogP) is 5.14. The Hall–Kier alpha value is -2.50. The van der Waals surface area contributed by atoms with Crippen LogP contribution >= 0.6 is 23.2 Å². The summed E-state index contributed by atoms with van der Waals surface area (Å²) in [6, 6.07) is 10.3. The van der Waals surface area contributed by atoms with Gasteiger partial charge in [-0.25, -0.2) is 9.79 Å². The smallest absolute Gasteiger partial charge is 0.363 e. The Balaban J connectivity index is 1.92. The van der Waals surface area contributed by atoms with Gasteiger partial charge in [0.15, 0.2) is 17.2 Å². The molecule has 5 nitrogen and oxygen atoms in total. The first-order chi connectivity index (χ1) is 13.0. The number of nitrogens with zero attached hydrogens (tertiary/aromatic N) is 1. The maximum atomic E-state index is 12.2. The van der Waals surface area contributed by atoms with Crippen molar-refractivity contribution in [3.63, 3.8) is 0 Å². The predicted molar refractivity (Wildman–Crippen MR) is 106 cm³/mol. The molecule has 7 heteroatoms. The Morgan fingerprint density at radius 1 is 1.19 bits per heavy atom. The van der Waals surface area contributed by atoms with Crippen LogP contribution in [-0.4, -0.2) is 25.6 Å². The Labute approximate surface area is 167 Å². The average Bonchev–Trinajstić information content (AvgIpc) is 3.01. The Morgan fingerprint density at radius 3 is 2.59 bits per heavy atom. The first kappa shape index (κ1) is 19.3. The largest absolute Gasteiger partial charge is 0.493 e. The number of ether oxygens (including phenoxy) is 3. The number of halogens is 2. The summed E-state index contributed by atoms with van der Waals surface area (Å²) in [6.45, 7) is 2.53. The van der Waals surface area contributed by atoms with Crippen LogP contribution in [0, 0.1) is 0 Å². The van der Waals surface area contributed by atoms with Crippen LogP contribution < -0.4 is 9.47 Å². The highest BCUT2D eigenvalue weighted by atomic mass is 35.5. The monoisotopic (exact) mass is 405 g/mol. The number of rotatable bonds is 6. The number of carbonyl (C=O) groups is 1. The lowest BCUT2D eigenvalue weighted by molar-refractivity contribution is -0.129. The van der Waals surface area contributed by atoms with E-state index in [0.29, 0.717) is 39.3 Å². The lowest BCUT2D eigenvalue weighted by Crippen LogP contribution is -2.05. The zero-order chi connectivity index (χ0) is 19.4. The van der Waals surface area contributed by atoms with Gasteiger partial charge >= 0.3 is 5.97 Å². The number of hydrogen-bond acceptors (Lipinski definition) is 5. The first-order valence-electron chi connectivity index (χ1n) is 8.30. The summed E-state index contributed by atoms with van der Waals surface area (Å²) < 4.78 is 16.2. The second kappa shape index (κ2) is 8.46. The number of esters is 1. The lowest BCUT2D eigenvalue weighted by Gasteiger charge is -2.12. The van der Waals surface area contributed by atoms with Gasteiger partial charge < -0.3 is 14.2 Å². The van der Waals surface area contributed by atoms with Gasteiger partial charge in [-0.15, -0.1) is 0 Å². The molecule has 0 amide bonds. The fourth-order valence-corrected chi connectivity index (χ4v) is 2.85. The summed E-state index contributed by atoms with van der Waals surface area (Å²) in [5.74, 6) is 0.642. The minimum atomic E-state index is -0.540. The van der Waals surface area contributed by atoms with Gasteiger partial charge in [-0.3, -0.25) is 0 Å². The van der Waals surface area contributed by atoms with Crippen LogP contribution in [0.2, 0.25) is 10.0 Å². The van der Waals surface area contributed by atoms with E-state index in [-0.39, 0.29) is 11.6 Å². The molecule has 1 aliphatic heterocycles. The molecule has 0 unspecified atom stereocenters. The van der Waals surface area contributed by atoms with Crippen molar-refractivity contribution in [3.8, 4) is 11.5 Å². The summed E-state index contributed by atoms with van der Waals surface area (Å²) in [5.41, 5.74) is 1.48. The molecule has 0 aliphatic carbocycles. The van der Waals surface area contributed by atoms with Crippen LogP contribution in [0.4, 0.5) is 0 Å². The normalized spacial score (nSPS) is 14.9. The summed E-state index contributed by atoms with van der Waals surface area (Å²) in [5, 5.41) is 0.981. The lowest BCUT2D eigenvalue weighted by atomic mass is 10.1. The molecule has 1 aliphatic rings. The summed E-state index contributed by atoms with van der Waals surface area (Å²) in [4.78, 5) is 16.4. The number of aliphatic imine (C=N–C) groups is 1. The third kappa shape index (κ3) is 4.43. The molecule has 1 heterocycles. The molecule has 3 rings (SSSR count). The molecule has 140 valence electrons. The highest BCUT2D eigenvalue weighted by Gasteiger charge is 2.24. The molecular formula is C20H17Cl2NO4. The van der Waals surface area contributed by atoms with Crippen molar-refractivity contribution in [3.05, 3.63) is 63.3 Å². The van der Waals surface area contributed by atoms with Crippen molar-refractivity contribution in [1.82, 2.24) is 0 Å². The first-order valence-corrected chi connectivity index (χ1v) is 9.06. The van der Waals surface area contributed by atoms with Crippen molar-refractivity contribution in [1.29, 1.82) is 0 Å². The maximum Gasteiger partial charge on any atom is 0.363 e. The SMILES string of the molecule is CCCOc1c(Cl)cc(/C=C2\N=C(c3ccc(Cl)cc3)OC2=O)cc1OC. The van der Waals surface area contributed by atoms with Gasteiger partial charge in [0.1, 0.15) is 0 Å². The molecule has 0 aromatic heterocycles. The van der Waals surface area contributed by atoms with Crippen molar-refractivity contribution < 1.29 is 19.0 Å². The van der Waals surface area contributed by atoms with E-state index in [9.17, 15) is 4.79 Å². The van der Waals surface area contributed by atoms with Crippen LogP contribution in [0.1, 0.15) is 24.5 Å². The summed E-state index contributed by atoms with van der Waals surface area (Å²) in [7, 11) is 1.53. The van der Waals surface area contributed by atoms with Crippen LogP contribution in [0.5, 0.6) is 11.5 Å². The Kier molecular flexibility index (Phi) is 6.04. The van der Waals surface area contributed by atoms with Gasteiger partial charge in [0.25, 0.3) is 0 Å². The average molecular weight is 406 g/mol. The number of methoxy groups -OCH3 is 1. The topological polar surface area (TPSA) is 57.1 Å². The van der Waals surface area contributed by atoms with Crippen molar-refractivity contribution >= 4 is 41.1 Å². The molecule has 0 N–H and O–H groups in total. The minimum Gasteiger partial charge on any atom is -0.493 e. The van der Waals surface area contributed by atoms with Gasteiger partial charge in [-0.05, 0) is 54.5 Å². The fraction of sp³-hybridized carbons (Fsp3) is 0.200. The molecule has 0 saturated heterocycles. The van der Waals surface area contributed by atoms with E-state index in [1.165, 1.54) is 7.11 Å². The van der Waals surface area contributed by atoms with Gasteiger partial charge in [-0.1, -0.05) is 30.1 Å². The highest BCUT2D eigenvalue weighted by Crippen LogP contribution is 2.37. The van der Waals surface area contributed by atoms with E-state index in [0.717, 1.165) is 6.42 Å². The molecule has 0 saturated carbocycles. The molecule has 27 heavy (non-hydrogen) atoms. The van der Waals surface area contributed by atoms with Crippen LogP contribution in [0.3, 0.4) is 0 Å². The van der Waals surface area contributed by atoms with Crippen LogP contribution in [-0.2, 0) is 9.53 Å². The van der Waals surface area contributed by atoms with E-state index in [4.69, 9.17) is 37.4 Å². The molecular weight excluding hydrogens is 389 g/mol. The third-order valence-corrected chi connectivity index (χ3v) is 4.25. The molecule has 2 aromatic rings. The van der Waals surface area contributed by atoms with Crippen molar-refractivity contribution in [2.24, 2.45) is 4.99 Å². The van der Waals surface area contributed by atoms with E-state index in [2.05, 4.69) is 4.99 Å². The molecule has 0 radical (unpaired) electrons. The quantitative estimate of drug-likeness (QED) is 0.493. The van der Waals surface area contributed by atoms with Gasteiger partial charge in [0.2, 0.25) is 5.90 Å². The van der Waals surface area contributed by atoms with E-state index < -0.39 is 5.97 Å². The Morgan fingerprint density at radius 2 is 1.93 bits per heavy atom. The maximum absolute atomic E-state index is 12.2. The zero-order valence-corrected chi connectivity index (χ0v) is 16.3. The van der Waals surface area contributed by atoms with Crippen LogP contribution in [0.25, 0.3) is 6.08 Å². The van der Waals surface area contributed by atoms with Gasteiger partial charge in [-0.2, -0.15) is 0 Å². The molecule has 2 aromatic carbocycles. The molecule has 0 fully saturated rings. The molecule has 0 spiro atoms. The minimum absolute atomic E-state index is 0.167. The highest BCUT2D eigenvalue weighted by molar-refractivity contribution is 6.32. The fourth-order valence-electron chi connectivity index (χ4n) is 2.45. The van der Waals surface area contributed by atoms with Crippen LogP contribution in [0.15, 0.2) is 47.1 Å². The van der Waals surface area contributed by atoms with Gasteiger partial charge in [0, 0.05) is 10.6 Å².